The van der Waals surface area contributed by atoms with Gasteiger partial charge >= 0.3 is 0 Å². The maximum atomic E-state index is 12.8. The number of hydrogen-bond donors (Lipinski definition) is 0. The summed E-state index contributed by atoms with van der Waals surface area (Å²) in [4.78, 5) is 15.5. The summed E-state index contributed by atoms with van der Waals surface area (Å²) in [6.45, 7) is 0.464. The number of carbonyl (C=O) groups is 1. The van der Waals surface area contributed by atoms with Crippen molar-refractivity contribution in [3.63, 3.8) is 0 Å². The first kappa shape index (κ1) is 16.2. The molecule has 23 heavy (non-hydrogen) atoms. The Bertz CT molecular complexity index is 754. The van der Waals surface area contributed by atoms with Gasteiger partial charge in [-0.05, 0) is 23.4 Å². The van der Waals surface area contributed by atoms with Crippen molar-refractivity contribution in [1.82, 2.24) is 4.90 Å². The molecule has 1 aliphatic heterocycles. The van der Waals surface area contributed by atoms with E-state index in [0.29, 0.717) is 19.4 Å². The first-order valence-electron chi connectivity index (χ1n) is 7.60. The van der Waals surface area contributed by atoms with E-state index < -0.39 is 9.84 Å². The Kier molecular flexibility index (Phi) is 4.82. The van der Waals surface area contributed by atoms with Gasteiger partial charge in [-0.1, -0.05) is 36.4 Å². The van der Waals surface area contributed by atoms with Crippen LogP contribution < -0.4 is 0 Å². The predicted octanol–water partition coefficient (Wildman–Crippen LogP) is 2.51. The van der Waals surface area contributed by atoms with E-state index in [9.17, 15) is 13.2 Å². The summed E-state index contributed by atoms with van der Waals surface area (Å²) in [5, 5.41) is 1.95. The van der Waals surface area contributed by atoms with Gasteiger partial charge in [-0.2, -0.15) is 0 Å². The molecule has 0 N–H and O–H groups in total. The first-order chi connectivity index (χ1) is 11.0. The molecule has 2 heterocycles. The maximum absolute atomic E-state index is 12.8. The molecule has 0 radical (unpaired) electrons. The van der Waals surface area contributed by atoms with Gasteiger partial charge in [-0.25, -0.2) is 8.42 Å². The Labute approximate surface area is 140 Å². The minimum absolute atomic E-state index is 0.00148. The molecule has 0 saturated carbocycles. The minimum atomic E-state index is -3.02. The molecule has 2 aromatic rings. The standard InChI is InChI=1S/C17H19NO3S2/c19-17(11-16-7-4-9-22-16)18(12-14-5-2-1-3-6-14)15-8-10-23(20,21)13-15/h1-7,9,15H,8,10-13H2/t15-/m1/s1. The fraction of sp³-hybridized carbons (Fsp3) is 0.353. The quantitative estimate of drug-likeness (QED) is 0.833. The van der Waals surface area contributed by atoms with Crippen molar-refractivity contribution in [1.29, 1.82) is 0 Å². The highest BCUT2D eigenvalue weighted by molar-refractivity contribution is 7.91. The molecule has 0 unspecified atom stereocenters. The Hall–Kier alpha value is -1.66. The summed E-state index contributed by atoms with van der Waals surface area (Å²) in [6, 6.07) is 13.4. The third-order valence-electron chi connectivity index (χ3n) is 4.07. The number of carbonyl (C=O) groups excluding carboxylic acids is 1. The predicted molar refractivity (Wildman–Crippen MR) is 92.1 cm³/mol. The van der Waals surface area contributed by atoms with Crippen molar-refractivity contribution in [3.05, 3.63) is 58.3 Å². The largest absolute Gasteiger partial charge is 0.334 e. The third kappa shape index (κ3) is 4.20. The molecule has 0 bridgehead atoms. The van der Waals surface area contributed by atoms with Crippen LogP contribution in [0.5, 0.6) is 0 Å². The van der Waals surface area contributed by atoms with Crippen LogP contribution in [0.25, 0.3) is 0 Å². The molecule has 1 amide bonds. The second kappa shape index (κ2) is 6.84. The van der Waals surface area contributed by atoms with E-state index in [0.717, 1.165) is 10.4 Å². The van der Waals surface area contributed by atoms with Gasteiger partial charge in [0.15, 0.2) is 9.84 Å². The Morgan fingerprint density at radius 1 is 1.17 bits per heavy atom. The minimum Gasteiger partial charge on any atom is -0.334 e. The van der Waals surface area contributed by atoms with Crippen LogP contribution in [0, 0.1) is 0 Å². The number of thiophene rings is 1. The number of hydrogen-bond acceptors (Lipinski definition) is 4. The average Bonchev–Trinajstić information content (AvgIpc) is 3.15. The molecular formula is C17H19NO3S2. The fourth-order valence-corrected chi connectivity index (χ4v) is 5.31. The highest BCUT2D eigenvalue weighted by Crippen LogP contribution is 2.22. The van der Waals surface area contributed by atoms with E-state index in [1.807, 2.05) is 47.8 Å². The van der Waals surface area contributed by atoms with E-state index in [1.165, 1.54) is 0 Å². The zero-order valence-corrected chi connectivity index (χ0v) is 14.4. The number of rotatable bonds is 5. The Morgan fingerprint density at radius 2 is 1.96 bits per heavy atom. The zero-order chi connectivity index (χ0) is 16.3. The lowest BCUT2D eigenvalue weighted by atomic mass is 10.1. The van der Waals surface area contributed by atoms with Crippen LogP contribution >= 0.6 is 11.3 Å². The van der Waals surface area contributed by atoms with Gasteiger partial charge in [0.1, 0.15) is 0 Å². The number of amides is 1. The van der Waals surface area contributed by atoms with E-state index in [2.05, 4.69) is 0 Å². The molecule has 1 aliphatic rings. The fourth-order valence-electron chi connectivity index (χ4n) is 2.89. The molecule has 1 saturated heterocycles. The SMILES string of the molecule is O=C(Cc1cccs1)N(Cc1ccccc1)[C@@H]1CCS(=O)(=O)C1. The van der Waals surface area contributed by atoms with E-state index in [1.54, 1.807) is 16.2 Å². The maximum Gasteiger partial charge on any atom is 0.228 e. The third-order valence-corrected chi connectivity index (χ3v) is 6.70. The van der Waals surface area contributed by atoms with Crippen molar-refractivity contribution in [3.8, 4) is 0 Å². The van der Waals surface area contributed by atoms with Crippen LogP contribution in [0.15, 0.2) is 47.8 Å². The summed E-state index contributed by atoms with van der Waals surface area (Å²) >= 11 is 1.55. The van der Waals surface area contributed by atoms with Crippen LogP contribution in [0.2, 0.25) is 0 Å². The molecular weight excluding hydrogens is 330 g/mol. The molecule has 1 atom stereocenters. The molecule has 4 nitrogen and oxygen atoms in total. The smallest absolute Gasteiger partial charge is 0.228 e. The van der Waals surface area contributed by atoms with Crippen molar-refractivity contribution in [2.24, 2.45) is 0 Å². The van der Waals surface area contributed by atoms with Gasteiger partial charge in [0.25, 0.3) is 0 Å². The normalized spacial score (nSPS) is 19.6. The summed E-state index contributed by atoms with van der Waals surface area (Å²) < 4.78 is 23.6. The second-order valence-corrected chi connectivity index (χ2v) is 9.08. The van der Waals surface area contributed by atoms with Gasteiger partial charge in [0, 0.05) is 17.5 Å². The number of benzene rings is 1. The highest BCUT2D eigenvalue weighted by Gasteiger charge is 2.34. The zero-order valence-electron chi connectivity index (χ0n) is 12.7. The Balaban J connectivity index is 1.79. The monoisotopic (exact) mass is 349 g/mol. The molecule has 3 rings (SSSR count). The van der Waals surface area contributed by atoms with Crippen molar-refractivity contribution in [2.75, 3.05) is 11.5 Å². The molecule has 122 valence electrons. The number of sulfone groups is 1. The van der Waals surface area contributed by atoms with Crippen LogP contribution in [0.1, 0.15) is 16.9 Å². The van der Waals surface area contributed by atoms with Gasteiger partial charge in [-0.15, -0.1) is 11.3 Å². The molecule has 6 heteroatoms. The lowest BCUT2D eigenvalue weighted by Crippen LogP contribution is -2.41. The Morgan fingerprint density at radius 3 is 2.57 bits per heavy atom. The van der Waals surface area contributed by atoms with Crippen LogP contribution in [0.3, 0.4) is 0 Å². The van der Waals surface area contributed by atoms with Gasteiger partial charge in [0.2, 0.25) is 5.91 Å². The van der Waals surface area contributed by atoms with Gasteiger partial charge in [-0.3, -0.25) is 4.79 Å². The van der Waals surface area contributed by atoms with Crippen molar-refractivity contribution < 1.29 is 13.2 Å². The molecule has 0 aliphatic carbocycles. The number of nitrogens with zero attached hydrogens (tertiary/aromatic N) is 1. The summed E-state index contributed by atoms with van der Waals surface area (Å²) in [6.07, 6.45) is 0.867. The lowest BCUT2D eigenvalue weighted by molar-refractivity contribution is -0.133. The molecule has 1 aromatic heterocycles. The summed E-state index contributed by atoms with van der Waals surface area (Å²) in [5.74, 6) is 0.254. The second-order valence-electron chi connectivity index (χ2n) is 5.82. The van der Waals surface area contributed by atoms with E-state index in [4.69, 9.17) is 0 Å². The van der Waals surface area contributed by atoms with Gasteiger partial charge < -0.3 is 4.90 Å². The van der Waals surface area contributed by atoms with E-state index in [-0.39, 0.29) is 23.5 Å². The molecule has 0 spiro atoms. The van der Waals surface area contributed by atoms with Crippen LogP contribution in [-0.4, -0.2) is 36.8 Å². The lowest BCUT2D eigenvalue weighted by Gasteiger charge is -2.28. The molecule has 1 aromatic carbocycles. The van der Waals surface area contributed by atoms with Gasteiger partial charge in [0.05, 0.1) is 17.9 Å². The van der Waals surface area contributed by atoms with Crippen molar-refractivity contribution in [2.45, 2.75) is 25.4 Å². The summed E-state index contributed by atoms with van der Waals surface area (Å²) in [5.41, 5.74) is 1.02. The molecule has 1 fully saturated rings. The van der Waals surface area contributed by atoms with E-state index >= 15 is 0 Å². The highest BCUT2D eigenvalue weighted by atomic mass is 32.2. The van der Waals surface area contributed by atoms with Crippen molar-refractivity contribution >= 4 is 27.1 Å². The average molecular weight is 349 g/mol. The summed E-state index contributed by atoms with van der Waals surface area (Å²) in [7, 11) is -3.02. The first-order valence-corrected chi connectivity index (χ1v) is 10.3. The topological polar surface area (TPSA) is 54.5 Å². The van der Waals surface area contributed by atoms with Crippen LogP contribution in [-0.2, 0) is 27.6 Å². The van der Waals surface area contributed by atoms with Crippen LogP contribution in [0.4, 0.5) is 0 Å².